The Bertz CT molecular complexity index is 506. The first-order chi connectivity index (χ1) is 8.84. The molecule has 18 heavy (non-hydrogen) atoms. The molecule has 0 amide bonds. The lowest BCUT2D eigenvalue weighted by Gasteiger charge is -2.30. The van der Waals surface area contributed by atoms with Crippen LogP contribution in [0.2, 0.25) is 0 Å². The zero-order valence-electron chi connectivity index (χ0n) is 10.6. The van der Waals surface area contributed by atoms with Gasteiger partial charge in [0.15, 0.2) is 0 Å². The van der Waals surface area contributed by atoms with Crippen LogP contribution < -0.4 is 5.32 Å². The molecule has 2 atom stereocenters. The van der Waals surface area contributed by atoms with Gasteiger partial charge in [-0.3, -0.25) is 5.10 Å². The number of aromatic amines is 1. The summed E-state index contributed by atoms with van der Waals surface area (Å²) in [5.74, 6) is 1.57. The van der Waals surface area contributed by atoms with Crippen LogP contribution in [-0.4, -0.2) is 15.2 Å². The summed E-state index contributed by atoms with van der Waals surface area (Å²) in [6.07, 6.45) is 3.98. The van der Waals surface area contributed by atoms with Crippen molar-refractivity contribution in [2.45, 2.75) is 38.3 Å². The number of hydrogen-bond donors (Lipinski definition) is 2. The van der Waals surface area contributed by atoms with Gasteiger partial charge in [-0.05, 0) is 29.9 Å². The Labute approximate surface area is 107 Å². The molecule has 0 spiro atoms. The molecule has 0 radical (unpaired) electrons. The molecular formula is C14H18N4. The van der Waals surface area contributed by atoms with Crippen molar-refractivity contribution in [2.75, 3.05) is 0 Å². The van der Waals surface area contributed by atoms with Gasteiger partial charge in [0.2, 0.25) is 0 Å². The maximum Gasteiger partial charge on any atom is 0.138 e. The van der Waals surface area contributed by atoms with Gasteiger partial charge in [0.25, 0.3) is 0 Å². The zero-order chi connectivity index (χ0) is 12.4. The first-order valence-corrected chi connectivity index (χ1v) is 6.51. The number of nitrogens with zero attached hydrogens (tertiary/aromatic N) is 2. The van der Waals surface area contributed by atoms with Gasteiger partial charge in [0.05, 0.1) is 6.54 Å². The number of aromatic nitrogens is 3. The third-order valence-corrected chi connectivity index (χ3v) is 3.77. The van der Waals surface area contributed by atoms with Crippen LogP contribution in [0.5, 0.6) is 0 Å². The maximum absolute atomic E-state index is 4.14. The van der Waals surface area contributed by atoms with Crippen LogP contribution in [0, 0.1) is 0 Å². The van der Waals surface area contributed by atoms with Crippen molar-refractivity contribution in [3.63, 3.8) is 0 Å². The molecule has 1 aromatic heterocycles. The standard InChI is InChI=1S/C14H18N4/c1-10-6-7-13(12-5-3-2-4-11(10)12)15-8-14-16-9-17-18-14/h2-5,9-10,13,15H,6-8H2,1H3,(H,16,17,18). The monoisotopic (exact) mass is 242 g/mol. The van der Waals surface area contributed by atoms with E-state index in [2.05, 4.69) is 51.7 Å². The normalized spacial score (nSPS) is 22.7. The fourth-order valence-electron chi connectivity index (χ4n) is 2.75. The second kappa shape index (κ2) is 4.90. The summed E-state index contributed by atoms with van der Waals surface area (Å²) < 4.78 is 0. The Morgan fingerprint density at radius 1 is 1.28 bits per heavy atom. The molecule has 1 aromatic carbocycles. The van der Waals surface area contributed by atoms with Crippen LogP contribution in [0.15, 0.2) is 30.6 Å². The van der Waals surface area contributed by atoms with Crippen LogP contribution in [0.1, 0.15) is 48.7 Å². The van der Waals surface area contributed by atoms with E-state index >= 15 is 0 Å². The lowest BCUT2D eigenvalue weighted by molar-refractivity contribution is 0.427. The number of hydrogen-bond acceptors (Lipinski definition) is 3. The number of benzene rings is 1. The lowest BCUT2D eigenvalue weighted by atomic mass is 9.81. The third kappa shape index (κ3) is 2.16. The molecule has 0 bridgehead atoms. The van der Waals surface area contributed by atoms with Gasteiger partial charge in [-0.25, -0.2) is 4.98 Å². The third-order valence-electron chi connectivity index (χ3n) is 3.77. The van der Waals surface area contributed by atoms with Crippen molar-refractivity contribution >= 4 is 0 Å². The fourth-order valence-corrected chi connectivity index (χ4v) is 2.75. The van der Waals surface area contributed by atoms with Crippen molar-refractivity contribution in [3.8, 4) is 0 Å². The quantitative estimate of drug-likeness (QED) is 0.869. The Morgan fingerprint density at radius 2 is 2.11 bits per heavy atom. The first-order valence-electron chi connectivity index (χ1n) is 6.51. The van der Waals surface area contributed by atoms with Gasteiger partial charge >= 0.3 is 0 Å². The van der Waals surface area contributed by atoms with Gasteiger partial charge < -0.3 is 5.32 Å². The van der Waals surface area contributed by atoms with E-state index in [4.69, 9.17) is 0 Å². The highest BCUT2D eigenvalue weighted by Gasteiger charge is 2.23. The molecule has 0 fully saturated rings. The Hall–Kier alpha value is -1.68. The minimum Gasteiger partial charge on any atom is -0.303 e. The van der Waals surface area contributed by atoms with Crippen molar-refractivity contribution in [1.82, 2.24) is 20.5 Å². The second-order valence-corrected chi connectivity index (χ2v) is 4.97. The molecule has 94 valence electrons. The van der Waals surface area contributed by atoms with Crippen LogP contribution in [0.4, 0.5) is 0 Å². The van der Waals surface area contributed by atoms with Crippen molar-refractivity contribution in [1.29, 1.82) is 0 Å². The number of fused-ring (bicyclic) bond motifs is 1. The van der Waals surface area contributed by atoms with Crippen LogP contribution in [-0.2, 0) is 6.54 Å². The Balaban J connectivity index is 1.76. The molecule has 4 heteroatoms. The summed E-state index contributed by atoms with van der Waals surface area (Å²) in [5.41, 5.74) is 2.93. The van der Waals surface area contributed by atoms with Gasteiger partial charge in [-0.2, -0.15) is 5.10 Å². The second-order valence-electron chi connectivity index (χ2n) is 4.97. The summed E-state index contributed by atoms with van der Waals surface area (Å²) in [4.78, 5) is 4.14. The van der Waals surface area contributed by atoms with Gasteiger partial charge in [0, 0.05) is 6.04 Å². The maximum atomic E-state index is 4.14. The highest BCUT2D eigenvalue weighted by atomic mass is 15.2. The zero-order valence-corrected chi connectivity index (χ0v) is 10.6. The average Bonchev–Trinajstić information content (AvgIpc) is 2.92. The molecular weight excluding hydrogens is 224 g/mol. The molecule has 1 aliphatic carbocycles. The summed E-state index contributed by atoms with van der Waals surface area (Å²) in [5, 5.41) is 10.3. The molecule has 2 unspecified atom stereocenters. The van der Waals surface area contributed by atoms with E-state index in [9.17, 15) is 0 Å². The van der Waals surface area contributed by atoms with Crippen molar-refractivity contribution in [2.24, 2.45) is 0 Å². The van der Waals surface area contributed by atoms with Gasteiger partial charge in [-0.15, -0.1) is 0 Å². The molecule has 1 aliphatic rings. The average molecular weight is 242 g/mol. The highest BCUT2D eigenvalue weighted by Crippen LogP contribution is 2.36. The predicted molar refractivity (Wildman–Crippen MR) is 70.1 cm³/mol. The van der Waals surface area contributed by atoms with Crippen molar-refractivity contribution < 1.29 is 0 Å². The van der Waals surface area contributed by atoms with Crippen LogP contribution >= 0.6 is 0 Å². The Morgan fingerprint density at radius 3 is 2.89 bits per heavy atom. The van der Waals surface area contributed by atoms with E-state index in [1.54, 1.807) is 6.33 Å². The largest absolute Gasteiger partial charge is 0.303 e. The molecule has 0 saturated heterocycles. The molecule has 0 saturated carbocycles. The Kier molecular flexibility index (Phi) is 3.11. The topological polar surface area (TPSA) is 53.6 Å². The minimum absolute atomic E-state index is 0.433. The van der Waals surface area contributed by atoms with E-state index in [0.29, 0.717) is 12.0 Å². The molecule has 2 aromatic rings. The molecule has 3 rings (SSSR count). The van der Waals surface area contributed by atoms with E-state index in [1.165, 1.54) is 24.0 Å². The van der Waals surface area contributed by atoms with Crippen molar-refractivity contribution in [3.05, 3.63) is 47.5 Å². The number of rotatable bonds is 3. The van der Waals surface area contributed by atoms with Gasteiger partial charge in [0.1, 0.15) is 12.2 Å². The van der Waals surface area contributed by atoms with E-state index < -0.39 is 0 Å². The molecule has 2 N–H and O–H groups in total. The summed E-state index contributed by atoms with van der Waals surface area (Å²) in [6, 6.07) is 9.18. The SMILES string of the molecule is CC1CCC(NCc2ncn[nH]2)c2ccccc21. The summed E-state index contributed by atoms with van der Waals surface area (Å²) >= 11 is 0. The van der Waals surface area contributed by atoms with E-state index in [1.807, 2.05) is 0 Å². The van der Waals surface area contributed by atoms with E-state index in [0.717, 1.165) is 12.4 Å². The molecule has 0 aliphatic heterocycles. The van der Waals surface area contributed by atoms with Gasteiger partial charge in [-0.1, -0.05) is 31.2 Å². The first kappa shape index (κ1) is 11.4. The summed E-state index contributed by atoms with van der Waals surface area (Å²) in [7, 11) is 0. The van der Waals surface area contributed by atoms with E-state index in [-0.39, 0.29) is 0 Å². The van der Waals surface area contributed by atoms with Crippen LogP contribution in [0.3, 0.4) is 0 Å². The predicted octanol–water partition coefficient (Wildman–Crippen LogP) is 2.53. The lowest BCUT2D eigenvalue weighted by Crippen LogP contribution is -2.26. The number of nitrogens with one attached hydrogen (secondary N) is 2. The summed E-state index contributed by atoms with van der Waals surface area (Å²) in [6.45, 7) is 3.05. The fraction of sp³-hybridized carbons (Fsp3) is 0.429. The van der Waals surface area contributed by atoms with Crippen LogP contribution in [0.25, 0.3) is 0 Å². The highest BCUT2D eigenvalue weighted by molar-refractivity contribution is 5.34. The molecule has 1 heterocycles. The number of H-pyrrole nitrogens is 1. The minimum atomic E-state index is 0.433. The smallest absolute Gasteiger partial charge is 0.138 e. The molecule has 4 nitrogen and oxygen atoms in total.